The van der Waals surface area contributed by atoms with Crippen molar-refractivity contribution in [3.05, 3.63) is 24.3 Å². The number of allylic oxidation sites excluding steroid dienone is 2. The first-order valence-electron chi connectivity index (χ1n) is 54.6. The third-order valence-electron chi connectivity index (χ3n) is 26.6. The average Bonchev–Trinajstić information content (AvgIpc) is 0.827. The highest BCUT2D eigenvalue weighted by Crippen LogP contribution is 2.29. The van der Waals surface area contributed by atoms with Crippen LogP contribution in [0.4, 0.5) is 0 Å². The number of aliphatic hydroxyl groups excluding tert-OH is 18. The zero-order chi connectivity index (χ0) is 106. The zero-order valence-electron chi connectivity index (χ0n) is 87.9. The van der Waals surface area contributed by atoms with Crippen molar-refractivity contribution < 1.29 is 149 Å². The largest absolute Gasteiger partial charge is 0.390 e. The summed E-state index contributed by atoms with van der Waals surface area (Å²) < 4.78 is 43.8. The third kappa shape index (κ3) is 63.3. The van der Waals surface area contributed by atoms with Crippen LogP contribution in [0.3, 0.4) is 0 Å². The number of ether oxygens (including phenoxy) is 8. The molecule has 0 bridgehead atoms. The van der Waals surface area contributed by atoms with E-state index in [1.807, 2.05) is 12.2 Å². The van der Waals surface area contributed by atoms with Crippen molar-refractivity contribution >= 4 is 23.6 Å². The lowest BCUT2D eigenvalue weighted by atomic mass is 9.98. The fourth-order valence-electron chi connectivity index (χ4n) is 17.0. The Kier molecular flexibility index (Phi) is 82.3. The minimum absolute atomic E-state index is 0.0450. The topological polar surface area (TPSA) is 658 Å². The molecule has 0 spiro atoms. The van der Waals surface area contributed by atoms with E-state index in [1.54, 1.807) is 12.2 Å². The van der Waals surface area contributed by atoms with Crippen molar-refractivity contribution in [2.75, 3.05) is 52.6 Å². The molecule has 4 aliphatic rings. The molecule has 4 heterocycles. The molecule has 4 rings (SSSR count). The summed E-state index contributed by atoms with van der Waals surface area (Å²) in [5.74, 6) is -1.31. The first-order valence-corrected chi connectivity index (χ1v) is 54.6. The molecule has 4 amide bonds. The number of nitrogens with two attached hydrogens (primary N) is 4. The average molecular weight is 2050 g/mol. The molecule has 0 aromatic heterocycles. The van der Waals surface area contributed by atoms with Crippen molar-refractivity contribution in [2.24, 2.45) is 22.9 Å². The fourth-order valence-corrected chi connectivity index (χ4v) is 17.0. The second-order valence-corrected chi connectivity index (χ2v) is 39.8. The number of unbranched alkanes of at least 4 members (excludes halogenated alkanes) is 44. The van der Waals surface area contributed by atoms with Gasteiger partial charge in [-0.2, -0.15) is 0 Å². The van der Waals surface area contributed by atoms with Crippen LogP contribution in [0.2, 0.25) is 0 Å². The predicted molar refractivity (Wildman–Crippen MR) is 545 cm³/mol. The number of rotatable bonds is 78. The van der Waals surface area contributed by atoms with E-state index in [1.165, 1.54) is 272 Å². The van der Waals surface area contributed by atoms with E-state index < -0.39 is 184 Å². The zero-order valence-corrected chi connectivity index (χ0v) is 87.9. The summed E-state index contributed by atoms with van der Waals surface area (Å²) in [5.41, 5.74) is 23.9. The summed E-state index contributed by atoms with van der Waals surface area (Å²) in [4.78, 5) is 44.4. The lowest BCUT2D eigenvalue weighted by Crippen LogP contribution is -2.61. The minimum Gasteiger partial charge on any atom is -0.390 e. The van der Waals surface area contributed by atoms with Gasteiger partial charge in [0, 0.05) is 53.9 Å². The molecule has 0 aromatic rings. The SMILES string of the molecule is CCCCCCCCCCCCC/C=C/[C@@H](O)[C@@H](N)COC1OC(CNC(C)=O)C(O)C(O)C1O.CCCCCCCCCCCCC/C=C/[C@@H](O)[C@@H](N)COC1OC(CNC(C)=O)C(O)C(O)C1O.CCCCCCCCCCCCCC[C@@H](O)[C@@H](O)[C@@H](N)COC1OC(CNC(C)=O)C(O)C(O)C1O.CCCCCCCCCCCCCC[C@@H](O)[C@@H](O)[C@@H](N)COC1OC(CNC(C)=O)C(O)C(O)C1O. The molecule has 30 atom stereocenters. The van der Waals surface area contributed by atoms with Crippen LogP contribution in [0.25, 0.3) is 0 Å². The first kappa shape index (κ1) is 136. The van der Waals surface area contributed by atoms with Gasteiger partial charge in [-0.1, -0.05) is 335 Å². The van der Waals surface area contributed by atoms with Gasteiger partial charge in [0.1, 0.15) is 97.7 Å². The molecule has 4 saturated heterocycles. The Morgan fingerprint density at radius 1 is 0.261 bits per heavy atom. The van der Waals surface area contributed by atoms with Gasteiger partial charge in [0.2, 0.25) is 23.6 Å². The summed E-state index contributed by atoms with van der Waals surface area (Å²) in [6.07, 6.45) is 34.3. The Labute approximate surface area is 849 Å². The molecule has 142 heavy (non-hydrogen) atoms. The highest BCUT2D eigenvalue weighted by atomic mass is 16.7. The smallest absolute Gasteiger partial charge is 0.216 e. The molecule has 0 aromatic carbocycles. The van der Waals surface area contributed by atoms with Crippen molar-refractivity contribution in [3.8, 4) is 0 Å². The second-order valence-electron chi connectivity index (χ2n) is 39.8. The number of nitrogens with one attached hydrogen (secondary N) is 4. The van der Waals surface area contributed by atoms with Crippen LogP contribution in [0.5, 0.6) is 0 Å². The molecule has 4 fully saturated rings. The Bertz CT molecular complexity index is 2880. The maximum Gasteiger partial charge on any atom is 0.216 e. The number of amides is 4. The molecule has 0 aliphatic carbocycles. The van der Waals surface area contributed by atoms with Gasteiger partial charge in [-0.3, -0.25) is 19.2 Å². The summed E-state index contributed by atoms with van der Waals surface area (Å²) in [6.45, 7) is 13.2. The Morgan fingerprint density at radius 2 is 0.437 bits per heavy atom. The molecule has 38 nitrogen and oxygen atoms in total. The molecular formula is C104H204N8O30. The van der Waals surface area contributed by atoms with E-state index >= 15 is 0 Å². The van der Waals surface area contributed by atoms with Crippen molar-refractivity contribution in [1.82, 2.24) is 21.3 Å². The van der Waals surface area contributed by atoms with Crippen molar-refractivity contribution in [2.45, 2.75) is 560 Å². The lowest BCUT2D eigenvalue weighted by molar-refractivity contribution is -0.297. The number of hydrogen-bond acceptors (Lipinski definition) is 34. The highest BCUT2D eigenvalue weighted by molar-refractivity contribution is 5.73. The molecular weight excluding hydrogens is 1840 g/mol. The first-order chi connectivity index (χ1) is 67.9. The molecule has 0 radical (unpaired) electrons. The lowest BCUT2D eigenvalue weighted by Gasteiger charge is -2.40. The van der Waals surface area contributed by atoms with E-state index in [0.29, 0.717) is 12.8 Å². The van der Waals surface area contributed by atoms with Crippen molar-refractivity contribution in [3.63, 3.8) is 0 Å². The Morgan fingerprint density at radius 3 is 0.627 bits per heavy atom. The molecule has 20 unspecified atom stereocenters. The third-order valence-corrected chi connectivity index (χ3v) is 26.6. The van der Waals surface area contributed by atoms with Gasteiger partial charge in [-0.25, -0.2) is 0 Å². The highest BCUT2D eigenvalue weighted by Gasteiger charge is 2.49. The van der Waals surface area contributed by atoms with Gasteiger partial charge in [-0.15, -0.1) is 0 Å². The van der Waals surface area contributed by atoms with Crippen LogP contribution >= 0.6 is 0 Å². The molecule has 38 heteroatoms. The maximum atomic E-state index is 11.1. The monoisotopic (exact) mass is 2050 g/mol. The summed E-state index contributed by atoms with van der Waals surface area (Å²) >= 11 is 0. The van der Waals surface area contributed by atoms with Crippen LogP contribution in [0.1, 0.15) is 376 Å². The Balaban J connectivity index is 0.000000947. The number of hydrogen-bond donors (Lipinski definition) is 26. The van der Waals surface area contributed by atoms with E-state index in [2.05, 4.69) is 49.0 Å². The molecule has 30 N–H and O–H groups in total. The van der Waals surface area contributed by atoms with Gasteiger partial charge < -0.3 is 174 Å². The van der Waals surface area contributed by atoms with E-state index in [-0.39, 0.29) is 76.2 Å². The number of aliphatic hydroxyl groups is 18. The Hall–Kier alpha value is -3.84. The number of carbonyl (C=O) groups excluding carboxylic acids is 4. The maximum absolute atomic E-state index is 11.1. The fraction of sp³-hybridized carbons (Fsp3) is 0.923. The summed E-state index contributed by atoms with van der Waals surface area (Å²) in [6, 6.07) is -3.38. The van der Waals surface area contributed by atoms with Gasteiger partial charge in [0.15, 0.2) is 25.2 Å². The van der Waals surface area contributed by atoms with Crippen LogP contribution in [-0.4, -0.2) is 352 Å². The number of carbonyl (C=O) groups is 4. The van der Waals surface area contributed by atoms with Crippen LogP contribution < -0.4 is 44.2 Å². The second kappa shape index (κ2) is 85.8. The van der Waals surface area contributed by atoms with E-state index in [9.17, 15) is 111 Å². The van der Waals surface area contributed by atoms with Gasteiger partial charge in [-0.05, 0) is 38.5 Å². The van der Waals surface area contributed by atoms with E-state index in [0.717, 1.165) is 64.2 Å². The normalized spacial score (nSPS) is 26.8. The van der Waals surface area contributed by atoms with Gasteiger partial charge in [0.25, 0.3) is 0 Å². The van der Waals surface area contributed by atoms with Gasteiger partial charge in [0.05, 0.1) is 87.2 Å². The van der Waals surface area contributed by atoms with Crippen LogP contribution in [0, 0.1) is 0 Å². The summed E-state index contributed by atoms with van der Waals surface area (Å²) in [5, 5.41) is 193. The van der Waals surface area contributed by atoms with Crippen LogP contribution in [0.15, 0.2) is 24.3 Å². The molecule has 4 aliphatic heterocycles. The van der Waals surface area contributed by atoms with E-state index in [4.69, 9.17) is 60.8 Å². The molecule has 840 valence electrons. The van der Waals surface area contributed by atoms with Gasteiger partial charge >= 0.3 is 0 Å². The van der Waals surface area contributed by atoms with Crippen molar-refractivity contribution in [1.29, 1.82) is 0 Å². The summed E-state index contributed by atoms with van der Waals surface area (Å²) in [7, 11) is 0. The van der Waals surface area contributed by atoms with Crippen LogP contribution in [-0.2, 0) is 57.1 Å². The standard InChI is InChI=1S/2C26H52N2O8.2C26H50N2O7/c2*1-3-4-5-6-7-8-9-10-11-12-13-14-15-20(30)22(31)19(27)17-35-26-25(34)24(33)23(32)21(36-26)16-28-18(2)29;2*1-3-4-5-6-7-8-9-10-11-12-13-14-15-16-21(30)20(27)18-34-26-25(33)24(32)23(31)22(35-26)17-28-19(2)29/h2*19-26,30-34H,3-17,27H2,1-2H3,(H,28,29);2*15-16,20-26,30-33H,3-14,17-18,27H2,1-2H3,(H,28,29)/b;;2*16-15+/t2*19-,20+,21?,22-,23?,24?,25?,26?;2*20-,21+,22?,23?,24?,25?,26?/m0000/s1. The predicted octanol–water partition coefficient (Wildman–Crippen LogP) is 5.96. The minimum atomic E-state index is -1.54. The molecule has 0 saturated carbocycles. The quantitative estimate of drug-likeness (QED) is 0.0247.